The van der Waals surface area contributed by atoms with E-state index in [0.29, 0.717) is 28.0 Å². The topological polar surface area (TPSA) is 77.7 Å². The predicted octanol–water partition coefficient (Wildman–Crippen LogP) is 6.10. The van der Waals surface area contributed by atoms with Gasteiger partial charge in [0.2, 0.25) is 0 Å². The van der Waals surface area contributed by atoms with Crippen molar-refractivity contribution in [3.8, 4) is 33.9 Å². The molecular weight excluding hydrogens is 458 g/mol. The number of thiophene rings is 1. The highest BCUT2D eigenvalue weighted by molar-refractivity contribution is 7.21. The Morgan fingerprint density at radius 1 is 1.09 bits per heavy atom. The molecule has 2 aromatic carbocycles. The van der Waals surface area contributed by atoms with Crippen LogP contribution in [0.1, 0.15) is 29.4 Å². The molecule has 1 saturated heterocycles. The molecule has 0 radical (unpaired) electrons. The Morgan fingerprint density at radius 3 is 2.60 bits per heavy atom. The molecule has 1 amide bonds. The molecule has 6 nitrogen and oxygen atoms in total. The minimum absolute atomic E-state index is 0.0122. The number of para-hydroxylation sites is 1. The quantitative estimate of drug-likeness (QED) is 0.368. The van der Waals surface area contributed by atoms with Gasteiger partial charge in [0.05, 0.1) is 25.6 Å². The van der Waals surface area contributed by atoms with Crippen molar-refractivity contribution in [1.29, 1.82) is 0 Å². The molecule has 35 heavy (non-hydrogen) atoms. The van der Waals surface area contributed by atoms with Gasteiger partial charge in [-0.15, -0.1) is 11.3 Å². The van der Waals surface area contributed by atoms with Crippen molar-refractivity contribution in [2.45, 2.75) is 19.8 Å². The molecule has 2 aromatic heterocycles. The van der Waals surface area contributed by atoms with Crippen LogP contribution in [0.5, 0.6) is 11.5 Å². The summed E-state index contributed by atoms with van der Waals surface area (Å²) < 4.78 is 11.3. The summed E-state index contributed by atoms with van der Waals surface area (Å²) in [5, 5.41) is 0.773. The lowest BCUT2D eigenvalue weighted by Gasteiger charge is -2.30. The van der Waals surface area contributed by atoms with E-state index in [2.05, 4.69) is 6.92 Å². The molecule has 4 aromatic rings. The van der Waals surface area contributed by atoms with E-state index in [1.165, 1.54) is 11.3 Å². The van der Waals surface area contributed by atoms with Gasteiger partial charge in [-0.2, -0.15) is 0 Å². The minimum atomic E-state index is -0.0122. The number of rotatable bonds is 5. The van der Waals surface area contributed by atoms with Gasteiger partial charge < -0.3 is 20.1 Å². The summed E-state index contributed by atoms with van der Waals surface area (Å²) in [6, 6.07) is 17.8. The lowest BCUT2D eigenvalue weighted by atomic mass is 9.98. The van der Waals surface area contributed by atoms with E-state index in [-0.39, 0.29) is 5.91 Å². The molecule has 1 aliphatic heterocycles. The average Bonchev–Trinajstić information content (AvgIpc) is 3.23. The number of carbonyl (C=O) groups is 1. The Bertz CT molecular complexity index is 1380. The Kier molecular flexibility index (Phi) is 6.34. The number of piperidine rings is 1. The van der Waals surface area contributed by atoms with Crippen molar-refractivity contribution in [2.24, 2.45) is 5.92 Å². The highest BCUT2D eigenvalue weighted by Gasteiger charge is 2.28. The lowest BCUT2D eigenvalue weighted by molar-refractivity contribution is 0.0689. The number of pyridine rings is 1. The van der Waals surface area contributed by atoms with Crippen LogP contribution in [-0.2, 0) is 0 Å². The number of nitrogens with two attached hydrogens (primary N) is 1. The number of aromatic nitrogens is 1. The number of anilines is 1. The van der Waals surface area contributed by atoms with Crippen LogP contribution in [0, 0.1) is 5.92 Å². The fourth-order valence-electron chi connectivity index (χ4n) is 4.87. The van der Waals surface area contributed by atoms with Crippen LogP contribution in [0.25, 0.3) is 32.6 Å². The number of amides is 1. The minimum Gasteiger partial charge on any atom is -0.493 e. The van der Waals surface area contributed by atoms with Gasteiger partial charge in [-0.1, -0.05) is 49.4 Å². The molecule has 5 rings (SSSR count). The zero-order chi connectivity index (χ0) is 24.5. The van der Waals surface area contributed by atoms with E-state index >= 15 is 0 Å². The zero-order valence-electron chi connectivity index (χ0n) is 20.2. The second-order valence-corrected chi connectivity index (χ2v) is 9.98. The van der Waals surface area contributed by atoms with Gasteiger partial charge >= 0.3 is 0 Å². The second-order valence-electron chi connectivity index (χ2n) is 8.99. The van der Waals surface area contributed by atoms with Crippen LogP contribution in [0.2, 0.25) is 0 Å². The number of nitrogens with zero attached hydrogens (tertiary/aromatic N) is 2. The molecule has 0 bridgehead atoms. The Balaban J connectivity index is 1.74. The van der Waals surface area contributed by atoms with Gasteiger partial charge in [0.25, 0.3) is 5.91 Å². The average molecular weight is 488 g/mol. The van der Waals surface area contributed by atoms with Crippen molar-refractivity contribution in [3.63, 3.8) is 0 Å². The molecule has 1 unspecified atom stereocenters. The van der Waals surface area contributed by atoms with Crippen LogP contribution < -0.4 is 15.2 Å². The van der Waals surface area contributed by atoms with Gasteiger partial charge in [-0.3, -0.25) is 4.79 Å². The van der Waals surface area contributed by atoms with Crippen molar-refractivity contribution < 1.29 is 14.3 Å². The Morgan fingerprint density at radius 2 is 1.89 bits per heavy atom. The first-order chi connectivity index (χ1) is 17.0. The highest BCUT2D eigenvalue weighted by Crippen LogP contribution is 2.46. The van der Waals surface area contributed by atoms with Gasteiger partial charge in [0, 0.05) is 35.2 Å². The van der Waals surface area contributed by atoms with E-state index in [0.717, 1.165) is 58.5 Å². The maximum atomic E-state index is 13.5. The van der Waals surface area contributed by atoms with Gasteiger partial charge in [0.1, 0.15) is 9.71 Å². The fraction of sp³-hybridized carbons (Fsp3) is 0.286. The number of benzene rings is 2. The van der Waals surface area contributed by atoms with E-state index in [4.69, 9.17) is 20.2 Å². The van der Waals surface area contributed by atoms with Crippen LogP contribution >= 0.6 is 11.3 Å². The molecule has 2 N–H and O–H groups in total. The van der Waals surface area contributed by atoms with E-state index in [9.17, 15) is 4.79 Å². The summed E-state index contributed by atoms with van der Waals surface area (Å²) in [5.74, 6) is 1.72. The number of hydrogen-bond acceptors (Lipinski definition) is 6. The van der Waals surface area contributed by atoms with Crippen LogP contribution in [-0.4, -0.2) is 43.1 Å². The molecule has 1 aliphatic rings. The standard InChI is InChI=1S/C28H29N3O3S/c1-17-9-8-14-31(16-17)28(32)26-24(29)23-20(19-12-7-13-22(33-2)25(19)34-3)15-21(30-27(23)35-26)18-10-5-4-6-11-18/h4-7,10-13,15,17H,8-9,14,16,29H2,1-3H3. The number of methoxy groups -OCH3 is 2. The first kappa shape index (κ1) is 23.2. The Hall–Kier alpha value is -3.58. The van der Waals surface area contributed by atoms with E-state index in [1.54, 1.807) is 14.2 Å². The molecule has 0 spiro atoms. The number of ether oxygens (including phenoxy) is 2. The molecule has 1 atom stereocenters. The SMILES string of the molecule is COc1cccc(-c2cc(-c3ccccc3)nc3sc(C(=O)N4CCCC(C)C4)c(N)c23)c1OC. The summed E-state index contributed by atoms with van der Waals surface area (Å²) in [7, 11) is 3.25. The summed E-state index contributed by atoms with van der Waals surface area (Å²) >= 11 is 1.37. The summed E-state index contributed by atoms with van der Waals surface area (Å²) in [4.78, 5) is 21.7. The maximum Gasteiger partial charge on any atom is 0.266 e. The number of carbonyl (C=O) groups excluding carboxylic acids is 1. The van der Waals surface area contributed by atoms with Crippen LogP contribution in [0.3, 0.4) is 0 Å². The van der Waals surface area contributed by atoms with Gasteiger partial charge in [0.15, 0.2) is 11.5 Å². The third kappa shape index (κ3) is 4.21. The molecule has 7 heteroatoms. The molecule has 0 saturated carbocycles. The first-order valence-corrected chi connectivity index (χ1v) is 12.6. The first-order valence-electron chi connectivity index (χ1n) is 11.8. The predicted molar refractivity (Wildman–Crippen MR) is 142 cm³/mol. The van der Waals surface area contributed by atoms with E-state index in [1.807, 2.05) is 59.5 Å². The molecule has 0 aliphatic carbocycles. The van der Waals surface area contributed by atoms with E-state index < -0.39 is 0 Å². The molecule has 3 heterocycles. The summed E-state index contributed by atoms with van der Waals surface area (Å²) in [6.07, 6.45) is 2.16. The second kappa shape index (κ2) is 9.58. The maximum absolute atomic E-state index is 13.5. The normalized spacial score (nSPS) is 15.9. The number of likely N-dealkylation sites (tertiary alicyclic amines) is 1. The van der Waals surface area contributed by atoms with Crippen molar-refractivity contribution in [1.82, 2.24) is 9.88 Å². The monoisotopic (exact) mass is 487 g/mol. The highest BCUT2D eigenvalue weighted by atomic mass is 32.1. The van der Waals surface area contributed by atoms with Gasteiger partial charge in [-0.25, -0.2) is 4.98 Å². The largest absolute Gasteiger partial charge is 0.493 e. The zero-order valence-corrected chi connectivity index (χ0v) is 21.0. The number of fused-ring (bicyclic) bond motifs is 1. The summed E-state index contributed by atoms with van der Waals surface area (Å²) in [5.41, 5.74) is 10.7. The third-order valence-corrected chi connectivity index (χ3v) is 7.69. The Labute approximate surface area is 209 Å². The molecule has 180 valence electrons. The number of nitrogen functional groups attached to an aromatic ring is 1. The van der Waals surface area contributed by atoms with Gasteiger partial charge in [-0.05, 0) is 30.9 Å². The fourth-order valence-corrected chi connectivity index (χ4v) is 5.95. The summed E-state index contributed by atoms with van der Waals surface area (Å²) in [6.45, 7) is 3.70. The van der Waals surface area contributed by atoms with Crippen LogP contribution in [0.15, 0.2) is 54.6 Å². The third-order valence-electron chi connectivity index (χ3n) is 6.60. The van der Waals surface area contributed by atoms with Crippen LogP contribution in [0.4, 0.5) is 5.69 Å². The molecular formula is C28H29N3O3S. The van der Waals surface area contributed by atoms with Crippen molar-refractivity contribution >= 4 is 33.1 Å². The lowest BCUT2D eigenvalue weighted by Crippen LogP contribution is -2.39. The van der Waals surface area contributed by atoms with Crippen molar-refractivity contribution in [2.75, 3.05) is 33.0 Å². The molecule has 1 fully saturated rings. The number of hydrogen-bond donors (Lipinski definition) is 1. The smallest absolute Gasteiger partial charge is 0.266 e. The van der Waals surface area contributed by atoms with Crippen molar-refractivity contribution in [3.05, 3.63) is 59.5 Å².